The van der Waals surface area contributed by atoms with Gasteiger partial charge in [-0.2, -0.15) is 4.99 Å². The van der Waals surface area contributed by atoms with Crippen LogP contribution in [-0.4, -0.2) is 29.7 Å². The zero-order chi connectivity index (χ0) is 7.98. The quantitative estimate of drug-likeness (QED) is 0.546. The van der Waals surface area contributed by atoms with Crippen molar-refractivity contribution in [1.82, 2.24) is 0 Å². The summed E-state index contributed by atoms with van der Waals surface area (Å²) in [5.74, 6) is 0. The van der Waals surface area contributed by atoms with E-state index in [1.807, 2.05) is 0 Å². The number of carbonyl (C=O) groups is 1. The molecule has 0 aromatic carbocycles. The van der Waals surface area contributed by atoms with Crippen molar-refractivity contribution in [3.63, 3.8) is 0 Å². The second-order valence-corrected chi connectivity index (χ2v) is 1.68. The van der Waals surface area contributed by atoms with E-state index in [0.29, 0.717) is 5.71 Å². The molecule has 0 aromatic rings. The third kappa shape index (κ3) is 3.91. The van der Waals surface area contributed by atoms with E-state index in [2.05, 4.69) is 9.98 Å². The summed E-state index contributed by atoms with van der Waals surface area (Å²) >= 11 is 0. The number of nitrogens with zero attached hydrogens (tertiary/aromatic N) is 2. The lowest BCUT2D eigenvalue weighted by Crippen LogP contribution is -2.00. The van der Waals surface area contributed by atoms with E-state index in [1.165, 1.54) is 6.21 Å². The van der Waals surface area contributed by atoms with Gasteiger partial charge in [0.05, 0.1) is 6.61 Å². The average molecular weight is 142 g/mol. The highest BCUT2D eigenvalue weighted by atomic mass is 16.3. The van der Waals surface area contributed by atoms with Crippen molar-refractivity contribution in [2.75, 3.05) is 6.61 Å². The molecule has 0 heterocycles. The zero-order valence-electron chi connectivity index (χ0n) is 6.03. The Morgan fingerprint density at radius 2 is 2.30 bits per heavy atom. The summed E-state index contributed by atoms with van der Waals surface area (Å²) in [6.07, 6.45) is 1.36. The molecule has 0 atom stereocenters. The highest BCUT2D eigenvalue weighted by molar-refractivity contribution is 5.96. The second kappa shape index (κ2) is 4.81. The fourth-order valence-corrected chi connectivity index (χ4v) is 0.338. The Labute approximate surface area is 59.3 Å². The third-order valence-electron chi connectivity index (χ3n) is 0.755. The number of rotatable bonds is 1. The molecule has 0 radical (unpaired) electrons. The summed E-state index contributed by atoms with van der Waals surface area (Å²) < 4.78 is 0. The van der Waals surface area contributed by atoms with Crippen LogP contribution in [0.5, 0.6) is 0 Å². The lowest BCUT2D eigenvalue weighted by Gasteiger charge is -1.88. The van der Waals surface area contributed by atoms with Crippen LogP contribution in [-0.2, 0) is 0 Å². The van der Waals surface area contributed by atoms with Crippen molar-refractivity contribution in [1.29, 1.82) is 0 Å². The van der Waals surface area contributed by atoms with Crippen molar-refractivity contribution < 1.29 is 9.90 Å². The number of carbonyl (C=O) groups excluding carboxylic acids is 1. The predicted molar refractivity (Wildman–Crippen MR) is 39.8 cm³/mol. The first-order valence-corrected chi connectivity index (χ1v) is 2.88. The average Bonchev–Trinajstić information content (AvgIpc) is 1.88. The fourth-order valence-electron chi connectivity index (χ4n) is 0.338. The lowest BCUT2D eigenvalue weighted by molar-refractivity contribution is 0.256. The van der Waals surface area contributed by atoms with Crippen LogP contribution in [0.1, 0.15) is 13.8 Å². The van der Waals surface area contributed by atoms with Crippen LogP contribution in [0.25, 0.3) is 0 Å². The van der Waals surface area contributed by atoms with Crippen LogP contribution in [0.3, 0.4) is 0 Å². The largest absolute Gasteiger partial charge is 0.390 e. The first-order chi connectivity index (χ1) is 4.70. The molecule has 0 aliphatic carbocycles. The van der Waals surface area contributed by atoms with Gasteiger partial charge in [0.25, 0.3) is 0 Å². The van der Waals surface area contributed by atoms with Crippen LogP contribution >= 0.6 is 0 Å². The maximum atomic E-state index is 10.5. The van der Waals surface area contributed by atoms with Gasteiger partial charge in [0, 0.05) is 11.9 Å². The van der Waals surface area contributed by atoms with Gasteiger partial charge in [0.1, 0.15) is 0 Å². The van der Waals surface area contributed by atoms with Gasteiger partial charge in [-0.05, 0) is 13.8 Å². The number of aliphatic imine (C=N–C) groups is 2. The van der Waals surface area contributed by atoms with Crippen molar-refractivity contribution in [2.45, 2.75) is 13.8 Å². The number of amides is 2. The first kappa shape index (κ1) is 8.97. The highest BCUT2D eigenvalue weighted by Gasteiger charge is 1.92. The smallest absolute Gasteiger partial charge is 0.366 e. The van der Waals surface area contributed by atoms with Crippen LogP contribution in [0.2, 0.25) is 0 Å². The van der Waals surface area contributed by atoms with E-state index < -0.39 is 6.03 Å². The fraction of sp³-hybridized carbons (Fsp3) is 0.500. The number of aliphatic hydroxyl groups is 1. The summed E-state index contributed by atoms with van der Waals surface area (Å²) in [5, 5.41) is 8.42. The SMILES string of the molecule is CC=NC(=O)N=C(C)CO. The number of aliphatic hydroxyl groups excluding tert-OH is 1. The van der Waals surface area contributed by atoms with Gasteiger partial charge in [-0.1, -0.05) is 0 Å². The van der Waals surface area contributed by atoms with Crippen LogP contribution in [0, 0.1) is 0 Å². The Balaban J connectivity index is 4.00. The summed E-state index contributed by atoms with van der Waals surface area (Å²) in [5.41, 5.74) is 0.371. The molecule has 4 nitrogen and oxygen atoms in total. The van der Waals surface area contributed by atoms with Gasteiger partial charge >= 0.3 is 6.03 Å². The summed E-state index contributed by atoms with van der Waals surface area (Å²) in [6.45, 7) is 2.98. The monoisotopic (exact) mass is 142 g/mol. The minimum absolute atomic E-state index is 0.203. The van der Waals surface area contributed by atoms with Crippen molar-refractivity contribution in [2.24, 2.45) is 9.98 Å². The molecule has 0 aliphatic heterocycles. The molecule has 0 unspecified atom stereocenters. The molecular formula is C6H10N2O2. The maximum Gasteiger partial charge on any atom is 0.366 e. The molecule has 0 fully saturated rings. The standard InChI is InChI=1S/C6H10N2O2/c1-3-7-6(10)8-5(2)4-9/h3,9H,4H2,1-2H3. The van der Waals surface area contributed by atoms with E-state index in [9.17, 15) is 4.79 Å². The molecule has 0 rings (SSSR count). The molecule has 0 saturated heterocycles. The van der Waals surface area contributed by atoms with Gasteiger partial charge < -0.3 is 5.11 Å². The Hall–Kier alpha value is -1.03. The van der Waals surface area contributed by atoms with Crippen LogP contribution in [0.4, 0.5) is 4.79 Å². The van der Waals surface area contributed by atoms with E-state index in [4.69, 9.17) is 5.11 Å². The number of urea groups is 1. The molecule has 0 aromatic heterocycles. The lowest BCUT2D eigenvalue weighted by atomic mass is 10.5. The van der Waals surface area contributed by atoms with Crippen molar-refractivity contribution in [3.05, 3.63) is 0 Å². The molecule has 56 valence electrons. The van der Waals surface area contributed by atoms with Gasteiger partial charge in [0.2, 0.25) is 0 Å². The Bertz CT molecular complexity index is 173. The van der Waals surface area contributed by atoms with Crippen LogP contribution in [0.15, 0.2) is 9.98 Å². The summed E-state index contributed by atoms with van der Waals surface area (Å²) in [7, 11) is 0. The molecule has 0 saturated carbocycles. The predicted octanol–water partition coefficient (Wildman–Crippen LogP) is 0.650. The van der Waals surface area contributed by atoms with E-state index in [0.717, 1.165) is 0 Å². The third-order valence-corrected chi connectivity index (χ3v) is 0.755. The zero-order valence-corrected chi connectivity index (χ0v) is 6.03. The maximum absolute atomic E-state index is 10.5. The minimum Gasteiger partial charge on any atom is -0.390 e. The van der Waals surface area contributed by atoms with Gasteiger partial charge in [-0.25, -0.2) is 9.79 Å². The van der Waals surface area contributed by atoms with Gasteiger partial charge in [-0.3, -0.25) is 0 Å². The highest BCUT2D eigenvalue weighted by Crippen LogP contribution is 1.82. The molecule has 0 aliphatic rings. The van der Waals surface area contributed by atoms with Crippen molar-refractivity contribution >= 4 is 18.0 Å². The van der Waals surface area contributed by atoms with E-state index in [1.54, 1.807) is 13.8 Å². The second-order valence-electron chi connectivity index (χ2n) is 1.68. The molecule has 0 spiro atoms. The van der Waals surface area contributed by atoms with Crippen molar-refractivity contribution in [3.8, 4) is 0 Å². The minimum atomic E-state index is -0.575. The molecule has 0 bridgehead atoms. The van der Waals surface area contributed by atoms with E-state index in [-0.39, 0.29) is 6.61 Å². The number of hydrogen-bond donors (Lipinski definition) is 1. The van der Waals surface area contributed by atoms with Gasteiger partial charge in [0.15, 0.2) is 0 Å². The van der Waals surface area contributed by atoms with Gasteiger partial charge in [-0.15, -0.1) is 0 Å². The number of hydrogen-bond acceptors (Lipinski definition) is 2. The summed E-state index contributed by atoms with van der Waals surface area (Å²) in [6, 6.07) is -0.575. The Morgan fingerprint density at radius 1 is 1.70 bits per heavy atom. The molecule has 1 N–H and O–H groups in total. The normalized spacial score (nSPS) is 12.5. The molecular weight excluding hydrogens is 132 g/mol. The molecule has 4 heteroatoms. The van der Waals surface area contributed by atoms with E-state index >= 15 is 0 Å². The Morgan fingerprint density at radius 3 is 2.70 bits per heavy atom. The molecule has 2 amide bonds. The molecule has 10 heavy (non-hydrogen) atoms. The topological polar surface area (TPSA) is 62.0 Å². The summed E-state index contributed by atoms with van der Waals surface area (Å²) in [4.78, 5) is 17.3. The Kier molecular flexibility index (Phi) is 4.32. The first-order valence-electron chi connectivity index (χ1n) is 2.88. The van der Waals surface area contributed by atoms with Crippen LogP contribution < -0.4 is 0 Å².